The van der Waals surface area contributed by atoms with E-state index in [0.717, 1.165) is 17.8 Å². The highest BCUT2D eigenvalue weighted by molar-refractivity contribution is 5.81. The van der Waals surface area contributed by atoms with Crippen molar-refractivity contribution in [1.29, 1.82) is 0 Å². The van der Waals surface area contributed by atoms with Crippen molar-refractivity contribution in [2.45, 2.75) is 19.5 Å². The van der Waals surface area contributed by atoms with Gasteiger partial charge in [0.15, 0.2) is 0 Å². The molecule has 3 aromatic rings. The zero-order valence-corrected chi connectivity index (χ0v) is 10.8. The Labute approximate surface area is 112 Å². The van der Waals surface area contributed by atoms with Gasteiger partial charge in [0.2, 0.25) is 0 Å². The maximum atomic E-state index is 5.39. The second-order valence-electron chi connectivity index (χ2n) is 4.61. The van der Waals surface area contributed by atoms with Gasteiger partial charge in [-0.15, -0.1) is 0 Å². The second kappa shape index (κ2) is 5.24. The largest absolute Gasteiger partial charge is 0.468 e. The summed E-state index contributed by atoms with van der Waals surface area (Å²) in [7, 11) is 0. The van der Waals surface area contributed by atoms with Crippen molar-refractivity contribution in [1.82, 2.24) is 10.3 Å². The Morgan fingerprint density at radius 3 is 2.89 bits per heavy atom. The number of para-hydroxylation sites is 1. The molecule has 2 aromatic heterocycles. The predicted octanol–water partition coefficient (Wildman–Crippen LogP) is 3.68. The van der Waals surface area contributed by atoms with Crippen molar-refractivity contribution in [2.75, 3.05) is 0 Å². The van der Waals surface area contributed by atoms with Gasteiger partial charge in [0, 0.05) is 18.1 Å². The molecule has 0 unspecified atom stereocenters. The lowest BCUT2D eigenvalue weighted by molar-refractivity contribution is 0.430. The quantitative estimate of drug-likeness (QED) is 0.769. The first-order chi connectivity index (χ1) is 9.34. The molecule has 0 fully saturated rings. The summed E-state index contributed by atoms with van der Waals surface area (Å²) in [5.74, 6) is 0.952. The molecule has 0 radical (unpaired) electrons. The van der Waals surface area contributed by atoms with Crippen molar-refractivity contribution in [3.63, 3.8) is 0 Å². The summed E-state index contributed by atoms with van der Waals surface area (Å²) in [6.45, 7) is 2.87. The molecule has 1 atom stereocenters. The van der Waals surface area contributed by atoms with Gasteiger partial charge in [-0.2, -0.15) is 0 Å². The number of hydrogen-bond acceptors (Lipinski definition) is 3. The zero-order valence-electron chi connectivity index (χ0n) is 10.8. The first-order valence-corrected chi connectivity index (χ1v) is 6.44. The second-order valence-corrected chi connectivity index (χ2v) is 4.61. The Morgan fingerprint density at radius 2 is 2.05 bits per heavy atom. The van der Waals surface area contributed by atoms with Gasteiger partial charge in [-0.25, -0.2) is 0 Å². The Kier molecular flexibility index (Phi) is 3.29. The standard InChI is InChI=1S/C16H16N2O/c1-12(15-8-4-10-19-15)18-11-14-6-2-5-13-7-3-9-17-16(13)14/h2-10,12,18H,11H2,1H3/t12-/m1/s1. The molecular formula is C16H16N2O. The minimum atomic E-state index is 0.189. The third-order valence-corrected chi connectivity index (χ3v) is 3.28. The van der Waals surface area contributed by atoms with Crippen molar-refractivity contribution in [3.8, 4) is 0 Å². The SMILES string of the molecule is C[C@@H](NCc1cccc2cccnc12)c1ccco1. The molecule has 0 amide bonds. The number of fused-ring (bicyclic) bond motifs is 1. The smallest absolute Gasteiger partial charge is 0.120 e. The van der Waals surface area contributed by atoms with Crippen LogP contribution < -0.4 is 5.32 Å². The summed E-state index contributed by atoms with van der Waals surface area (Å²) in [5.41, 5.74) is 2.26. The lowest BCUT2D eigenvalue weighted by Crippen LogP contribution is -2.17. The summed E-state index contributed by atoms with van der Waals surface area (Å²) >= 11 is 0. The monoisotopic (exact) mass is 252 g/mol. The van der Waals surface area contributed by atoms with Crippen LogP contribution in [0.1, 0.15) is 24.3 Å². The molecule has 19 heavy (non-hydrogen) atoms. The molecule has 0 aliphatic rings. The van der Waals surface area contributed by atoms with Crippen molar-refractivity contribution < 1.29 is 4.42 Å². The highest BCUT2D eigenvalue weighted by atomic mass is 16.3. The first kappa shape index (κ1) is 11.9. The average Bonchev–Trinajstić information content (AvgIpc) is 2.99. The summed E-state index contributed by atoms with van der Waals surface area (Å²) in [6.07, 6.45) is 3.54. The highest BCUT2D eigenvalue weighted by Crippen LogP contribution is 2.18. The van der Waals surface area contributed by atoms with Crippen LogP contribution in [0.2, 0.25) is 0 Å². The number of furan rings is 1. The topological polar surface area (TPSA) is 38.1 Å². The van der Waals surface area contributed by atoms with E-state index in [1.807, 2.05) is 24.4 Å². The molecule has 0 saturated carbocycles. The summed E-state index contributed by atoms with van der Waals surface area (Å²) < 4.78 is 5.39. The van der Waals surface area contributed by atoms with E-state index in [0.29, 0.717) is 0 Å². The van der Waals surface area contributed by atoms with E-state index < -0.39 is 0 Å². The Morgan fingerprint density at radius 1 is 1.16 bits per heavy atom. The Bertz CT molecular complexity index is 656. The molecule has 0 saturated heterocycles. The first-order valence-electron chi connectivity index (χ1n) is 6.44. The van der Waals surface area contributed by atoms with Gasteiger partial charge >= 0.3 is 0 Å². The third-order valence-electron chi connectivity index (χ3n) is 3.28. The molecule has 0 aliphatic carbocycles. The van der Waals surface area contributed by atoms with Crippen LogP contribution in [0.25, 0.3) is 10.9 Å². The molecule has 3 nitrogen and oxygen atoms in total. The van der Waals surface area contributed by atoms with Crippen molar-refractivity contribution in [2.24, 2.45) is 0 Å². The van der Waals surface area contributed by atoms with Crippen LogP contribution in [-0.2, 0) is 6.54 Å². The highest BCUT2D eigenvalue weighted by Gasteiger charge is 2.08. The van der Waals surface area contributed by atoms with Gasteiger partial charge in [-0.3, -0.25) is 4.98 Å². The number of nitrogens with one attached hydrogen (secondary N) is 1. The van der Waals surface area contributed by atoms with Gasteiger partial charge in [0.1, 0.15) is 5.76 Å². The summed E-state index contributed by atoms with van der Waals surface area (Å²) in [6, 6.07) is 14.4. The lowest BCUT2D eigenvalue weighted by Gasteiger charge is -2.12. The predicted molar refractivity (Wildman–Crippen MR) is 75.7 cm³/mol. The number of aromatic nitrogens is 1. The Hall–Kier alpha value is -2.13. The average molecular weight is 252 g/mol. The zero-order chi connectivity index (χ0) is 13.1. The van der Waals surface area contributed by atoms with Crippen LogP contribution >= 0.6 is 0 Å². The Balaban J connectivity index is 1.79. The van der Waals surface area contributed by atoms with Crippen molar-refractivity contribution >= 4 is 10.9 Å². The van der Waals surface area contributed by atoms with Gasteiger partial charge in [-0.05, 0) is 30.7 Å². The molecule has 3 heteroatoms. The van der Waals surface area contributed by atoms with Crippen LogP contribution in [0.4, 0.5) is 0 Å². The molecule has 1 N–H and O–H groups in total. The number of rotatable bonds is 4. The van der Waals surface area contributed by atoms with E-state index in [1.54, 1.807) is 6.26 Å². The molecule has 3 rings (SSSR count). The van der Waals surface area contributed by atoms with E-state index >= 15 is 0 Å². The van der Waals surface area contributed by atoms with Crippen LogP contribution in [-0.4, -0.2) is 4.98 Å². The minimum Gasteiger partial charge on any atom is -0.468 e. The fraction of sp³-hybridized carbons (Fsp3) is 0.188. The number of hydrogen-bond donors (Lipinski definition) is 1. The van der Waals surface area contributed by atoms with E-state index in [2.05, 4.69) is 41.5 Å². The van der Waals surface area contributed by atoms with Gasteiger partial charge in [0.05, 0.1) is 17.8 Å². The van der Waals surface area contributed by atoms with E-state index in [4.69, 9.17) is 4.42 Å². The van der Waals surface area contributed by atoms with E-state index in [9.17, 15) is 0 Å². The normalized spacial score (nSPS) is 12.7. The third kappa shape index (κ3) is 2.51. The van der Waals surface area contributed by atoms with Crippen LogP contribution in [0.5, 0.6) is 0 Å². The minimum absolute atomic E-state index is 0.189. The molecule has 1 aromatic carbocycles. The molecule has 96 valence electrons. The van der Waals surface area contributed by atoms with Crippen molar-refractivity contribution in [3.05, 3.63) is 66.2 Å². The molecule has 0 bridgehead atoms. The lowest BCUT2D eigenvalue weighted by atomic mass is 10.1. The molecule has 2 heterocycles. The van der Waals surface area contributed by atoms with Crippen LogP contribution in [0, 0.1) is 0 Å². The number of pyridine rings is 1. The number of benzene rings is 1. The summed E-state index contributed by atoms with van der Waals surface area (Å²) in [5, 5.41) is 4.63. The van der Waals surface area contributed by atoms with Crippen LogP contribution in [0.3, 0.4) is 0 Å². The number of nitrogens with zero attached hydrogens (tertiary/aromatic N) is 1. The summed E-state index contributed by atoms with van der Waals surface area (Å²) in [4.78, 5) is 4.46. The fourth-order valence-electron chi connectivity index (χ4n) is 2.21. The van der Waals surface area contributed by atoms with Gasteiger partial charge < -0.3 is 9.73 Å². The maximum absolute atomic E-state index is 5.39. The van der Waals surface area contributed by atoms with Crippen LogP contribution in [0.15, 0.2) is 59.3 Å². The maximum Gasteiger partial charge on any atom is 0.120 e. The molecular weight excluding hydrogens is 236 g/mol. The fourth-order valence-corrected chi connectivity index (χ4v) is 2.21. The molecule has 0 spiro atoms. The van der Waals surface area contributed by atoms with Gasteiger partial charge in [-0.1, -0.05) is 24.3 Å². The van der Waals surface area contributed by atoms with Gasteiger partial charge in [0.25, 0.3) is 0 Å². The van der Waals surface area contributed by atoms with E-state index in [1.165, 1.54) is 10.9 Å². The molecule has 0 aliphatic heterocycles. The van der Waals surface area contributed by atoms with E-state index in [-0.39, 0.29) is 6.04 Å².